The Hall–Kier alpha value is -6.63. The molecule has 0 saturated heterocycles. The molecule has 11 nitrogen and oxygen atoms in total. The van der Waals surface area contributed by atoms with Crippen LogP contribution in [0.5, 0.6) is 0 Å². The maximum atomic E-state index is 14.9. The molecule has 0 saturated carbocycles. The van der Waals surface area contributed by atoms with Crippen molar-refractivity contribution >= 4 is 62.6 Å². The van der Waals surface area contributed by atoms with E-state index >= 15 is 0 Å². The number of H-pyrrole nitrogens is 2. The van der Waals surface area contributed by atoms with E-state index in [0.717, 1.165) is 77.7 Å². The molecule has 0 spiro atoms. The number of hydrogen-bond donors (Lipinski definition) is 6. The first-order chi connectivity index (χ1) is 29.3. The number of fused-ring (bicyclic) bond motifs is 4. The topological polar surface area (TPSA) is 157 Å². The Morgan fingerprint density at radius 1 is 0.567 bits per heavy atom. The fraction of sp³-hybridized carbons (Fsp3) is 0.128. The van der Waals surface area contributed by atoms with Gasteiger partial charge in [0.05, 0.1) is 12.1 Å². The highest BCUT2D eigenvalue weighted by Crippen LogP contribution is 2.45. The highest BCUT2D eigenvalue weighted by Gasteiger charge is 2.41. The third-order valence-electron chi connectivity index (χ3n) is 11.5. The maximum Gasteiger partial charge on any atom is 0.251 e. The molecule has 296 valence electrons. The molecule has 2 aliphatic rings. The van der Waals surface area contributed by atoms with Crippen molar-refractivity contribution in [2.45, 2.75) is 38.3 Å². The van der Waals surface area contributed by atoms with E-state index in [-0.39, 0.29) is 17.6 Å². The Kier molecular flexibility index (Phi) is 9.73. The molecule has 13 heteroatoms. The van der Waals surface area contributed by atoms with Crippen molar-refractivity contribution in [1.82, 2.24) is 41.2 Å². The number of halogens is 2. The number of rotatable bonds is 10. The molecule has 8 aromatic rings. The lowest BCUT2D eigenvalue weighted by Gasteiger charge is -2.21. The van der Waals surface area contributed by atoms with Crippen molar-refractivity contribution in [3.8, 4) is 22.5 Å². The zero-order valence-corrected chi connectivity index (χ0v) is 33.4. The second-order valence-electron chi connectivity index (χ2n) is 15.1. The lowest BCUT2D eigenvalue weighted by molar-refractivity contribution is -0.123. The minimum absolute atomic E-state index is 0.0620. The van der Waals surface area contributed by atoms with Gasteiger partial charge in [0.1, 0.15) is 0 Å². The molecule has 6 N–H and O–H groups in total. The second kappa shape index (κ2) is 15.5. The molecule has 0 radical (unpaired) electrons. The summed E-state index contributed by atoms with van der Waals surface area (Å²) in [4.78, 5) is 56.3. The Morgan fingerprint density at radius 3 is 1.43 bits per heavy atom. The fourth-order valence-electron chi connectivity index (χ4n) is 8.44. The van der Waals surface area contributed by atoms with Crippen LogP contribution in [0.3, 0.4) is 0 Å². The minimum atomic E-state index is -0.680. The number of aromatic amines is 2. The molecule has 4 aromatic heterocycles. The van der Waals surface area contributed by atoms with Crippen LogP contribution in [-0.2, 0) is 31.0 Å². The average Bonchev–Trinajstić information content (AvgIpc) is 4.10. The average molecular weight is 832 g/mol. The van der Waals surface area contributed by atoms with Crippen LogP contribution >= 0.6 is 23.2 Å². The number of pyridine rings is 2. The second-order valence-corrected chi connectivity index (χ2v) is 15.9. The number of amides is 2. The maximum absolute atomic E-state index is 14.9. The van der Waals surface area contributed by atoms with Gasteiger partial charge in [-0.15, -0.1) is 0 Å². The number of ketones is 1. The van der Waals surface area contributed by atoms with Gasteiger partial charge >= 0.3 is 0 Å². The molecule has 2 atom stereocenters. The summed E-state index contributed by atoms with van der Waals surface area (Å²) in [6.45, 7) is 1.62. The molecule has 60 heavy (non-hydrogen) atoms. The monoisotopic (exact) mass is 830 g/mol. The Morgan fingerprint density at radius 2 is 1.00 bits per heavy atom. The van der Waals surface area contributed by atoms with Gasteiger partial charge in [-0.05, 0) is 118 Å². The van der Waals surface area contributed by atoms with Crippen molar-refractivity contribution in [2.24, 2.45) is 0 Å². The summed E-state index contributed by atoms with van der Waals surface area (Å²) >= 11 is 13.6. The molecule has 2 aliphatic heterocycles. The largest absolute Gasteiger partial charge is 0.355 e. The first kappa shape index (κ1) is 37.6. The smallest absolute Gasteiger partial charge is 0.251 e. The molecule has 0 aliphatic carbocycles. The number of carbonyl (C=O) groups is 3. The number of benzene rings is 4. The molecular formula is C47H36Cl2N8O3. The van der Waals surface area contributed by atoms with Gasteiger partial charge in [-0.2, -0.15) is 0 Å². The van der Waals surface area contributed by atoms with Crippen LogP contribution in [0.15, 0.2) is 122 Å². The molecule has 2 amide bonds. The van der Waals surface area contributed by atoms with Crippen molar-refractivity contribution < 1.29 is 14.4 Å². The number of hydrogen-bond acceptors (Lipinski definition) is 7. The summed E-state index contributed by atoms with van der Waals surface area (Å²) in [5, 5.41) is 15.8. The summed E-state index contributed by atoms with van der Waals surface area (Å²) in [6, 6.07) is 28.8. The summed E-state index contributed by atoms with van der Waals surface area (Å²) in [7, 11) is 0. The van der Waals surface area contributed by atoms with Gasteiger partial charge in [0, 0.05) is 116 Å². The quantitative estimate of drug-likeness (QED) is 0.0807. The molecule has 6 heterocycles. The number of Topliss-reactive ketones (excluding diaryl/α,β-unsaturated/α-hetero) is 1. The van der Waals surface area contributed by atoms with Crippen molar-refractivity contribution in [3.05, 3.63) is 176 Å². The van der Waals surface area contributed by atoms with Crippen LogP contribution < -0.4 is 21.3 Å². The van der Waals surface area contributed by atoms with Crippen LogP contribution in [-0.4, -0.2) is 37.5 Å². The van der Waals surface area contributed by atoms with E-state index in [1.54, 1.807) is 36.9 Å². The third kappa shape index (κ3) is 6.91. The zero-order chi connectivity index (χ0) is 40.9. The van der Waals surface area contributed by atoms with Gasteiger partial charge in [-0.1, -0.05) is 35.3 Å². The van der Waals surface area contributed by atoms with Crippen LogP contribution in [0.25, 0.3) is 44.3 Å². The minimum Gasteiger partial charge on any atom is -0.355 e. The summed E-state index contributed by atoms with van der Waals surface area (Å²) in [5.74, 6) is -0.423. The van der Waals surface area contributed by atoms with E-state index in [4.69, 9.17) is 23.2 Å². The SMILES string of the molecule is O=C(NCc1ccncc1)c1ccc2[nH]c(-c3ccc(Cl)c4c3C(C(=O)C3NCc5c(Cl)ccc(-c6cc7cc(C(=O)NCc8ccncc8)ccc7[nH]6)c53)NC4)cc2c1. The first-order valence-corrected chi connectivity index (χ1v) is 20.3. The van der Waals surface area contributed by atoms with Gasteiger partial charge in [-0.25, -0.2) is 0 Å². The number of nitrogens with zero attached hydrogens (tertiary/aromatic N) is 2. The van der Waals surface area contributed by atoms with E-state index in [1.807, 2.05) is 84.9 Å². The van der Waals surface area contributed by atoms with Crippen LogP contribution in [0.2, 0.25) is 10.0 Å². The Balaban J connectivity index is 0.938. The highest BCUT2D eigenvalue weighted by atomic mass is 35.5. The van der Waals surface area contributed by atoms with Crippen LogP contribution in [0, 0.1) is 0 Å². The normalized spacial score (nSPS) is 15.6. The Labute approximate surface area is 354 Å². The van der Waals surface area contributed by atoms with Crippen LogP contribution in [0.4, 0.5) is 0 Å². The summed E-state index contributed by atoms with van der Waals surface area (Å²) < 4.78 is 0. The molecule has 0 bridgehead atoms. The predicted octanol–water partition coefficient (Wildman–Crippen LogP) is 8.50. The number of nitrogens with one attached hydrogen (secondary N) is 6. The highest BCUT2D eigenvalue weighted by molar-refractivity contribution is 6.32. The van der Waals surface area contributed by atoms with Gasteiger partial charge in [0.2, 0.25) is 0 Å². The fourth-order valence-corrected chi connectivity index (χ4v) is 8.90. The van der Waals surface area contributed by atoms with E-state index in [1.165, 1.54) is 0 Å². The van der Waals surface area contributed by atoms with E-state index in [2.05, 4.69) is 41.2 Å². The van der Waals surface area contributed by atoms with Gasteiger partial charge in [-0.3, -0.25) is 35.0 Å². The van der Waals surface area contributed by atoms with Crippen molar-refractivity contribution in [3.63, 3.8) is 0 Å². The van der Waals surface area contributed by atoms with Gasteiger partial charge in [0.25, 0.3) is 11.8 Å². The lowest BCUT2D eigenvalue weighted by atomic mass is 9.87. The van der Waals surface area contributed by atoms with E-state index in [9.17, 15) is 14.4 Å². The first-order valence-electron chi connectivity index (χ1n) is 19.5. The standard InChI is InChI=1S/C47H36Cl2N8O3/c48-35-5-3-31(39-19-29-17-27(1-7-37(29)56-39)46(59)54-21-25-9-13-50-14-10-25)41-33(35)23-52-43(41)45(58)44-42-32(4-6-36(49)34(42)24-53-44)40-20-30-18-28(2-8-38(30)57-40)47(60)55-22-26-11-15-51-16-12-26/h1-20,43-44,52-53,56-57H,21-24H2,(H,54,59)(H,55,60). The van der Waals surface area contributed by atoms with E-state index < -0.39 is 12.1 Å². The predicted molar refractivity (Wildman–Crippen MR) is 232 cm³/mol. The number of carbonyl (C=O) groups excluding carboxylic acids is 3. The van der Waals surface area contributed by atoms with E-state index in [0.29, 0.717) is 47.4 Å². The van der Waals surface area contributed by atoms with Crippen molar-refractivity contribution in [2.75, 3.05) is 0 Å². The Bertz CT molecular complexity index is 2800. The molecular weight excluding hydrogens is 795 g/mol. The van der Waals surface area contributed by atoms with Gasteiger partial charge in [0.15, 0.2) is 5.78 Å². The summed E-state index contributed by atoms with van der Waals surface area (Å²) in [6.07, 6.45) is 6.79. The third-order valence-corrected chi connectivity index (χ3v) is 12.2. The summed E-state index contributed by atoms with van der Waals surface area (Å²) in [5.41, 5.74) is 11.4. The molecule has 10 rings (SSSR count). The van der Waals surface area contributed by atoms with Crippen molar-refractivity contribution in [1.29, 1.82) is 0 Å². The zero-order valence-electron chi connectivity index (χ0n) is 31.9. The molecule has 4 aromatic carbocycles. The van der Waals surface area contributed by atoms with Crippen LogP contribution in [0.1, 0.15) is 66.2 Å². The lowest BCUT2D eigenvalue weighted by Crippen LogP contribution is -2.32. The molecule has 2 unspecified atom stereocenters. The number of aromatic nitrogens is 4. The molecule has 0 fully saturated rings. The van der Waals surface area contributed by atoms with Gasteiger partial charge < -0.3 is 20.6 Å².